The maximum atomic E-state index is 12.6. The van der Waals surface area contributed by atoms with E-state index in [1.165, 1.54) is 0 Å². The summed E-state index contributed by atoms with van der Waals surface area (Å²) in [6, 6.07) is 7.51. The minimum absolute atomic E-state index is 0.0126. The molecule has 0 bridgehead atoms. The molecular weight excluding hydrogens is 346 g/mol. The van der Waals surface area contributed by atoms with Crippen LogP contribution < -0.4 is 5.32 Å². The number of rotatable bonds is 2. The zero-order valence-corrected chi connectivity index (χ0v) is 14.6. The Labute approximate surface area is 139 Å². The summed E-state index contributed by atoms with van der Waals surface area (Å²) in [5.74, 6) is 0.0126. The second-order valence-electron chi connectivity index (χ2n) is 5.72. The van der Waals surface area contributed by atoms with Gasteiger partial charge < -0.3 is 15.1 Å². The molecule has 1 aliphatic rings. The standard InChI is InChI=1S/C16H22BrN3O2/c1-12(2)18-16(22)20-9-5-8-19(10-11-20)15(21)13-6-3-4-7-14(13)17/h3-4,6-7,12H,5,8-11H2,1-2H3,(H,18,22). The average Bonchev–Trinajstić information content (AvgIpc) is 2.72. The molecule has 1 aromatic rings. The number of nitrogens with zero attached hydrogens (tertiary/aromatic N) is 2. The molecule has 1 saturated heterocycles. The van der Waals surface area contributed by atoms with Crippen molar-refractivity contribution in [1.29, 1.82) is 0 Å². The van der Waals surface area contributed by atoms with E-state index in [1.807, 2.05) is 43.0 Å². The summed E-state index contributed by atoms with van der Waals surface area (Å²) in [5.41, 5.74) is 0.669. The molecule has 5 nitrogen and oxygen atoms in total. The smallest absolute Gasteiger partial charge is 0.317 e. The first-order valence-corrected chi connectivity index (χ1v) is 8.37. The topological polar surface area (TPSA) is 52.7 Å². The highest BCUT2D eigenvalue weighted by Gasteiger charge is 2.23. The third kappa shape index (κ3) is 4.22. The molecule has 0 radical (unpaired) electrons. The predicted molar refractivity (Wildman–Crippen MR) is 89.9 cm³/mol. The van der Waals surface area contributed by atoms with Crippen molar-refractivity contribution in [2.75, 3.05) is 26.2 Å². The molecule has 0 unspecified atom stereocenters. The van der Waals surface area contributed by atoms with E-state index in [2.05, 4.69) is 21.2 Å². The first-order chi connectivity index (χ1) is 10.5. The lowest BCUT2D eigenvalue weighted by Gasteiger charge is -2.23. The molecule has 6 heteroatoms. The van der Waals surface area contributed by atoms with Crippen LogP contribution in [0.3, 0.4) is 0 Å². The van der Waals surface area contributed by atoms with E-state index in [9.17, 15) is 9.59 Å². The van der Waals surface area contributed by atoms with E-state index >= 15 is 0 Å². The van der Waals surface area contributed by atoms with Crippen LogP contribution in [0.25, 0.3) is 0 Å². The summed E-state index contributed by atoms with van der Waals surface area (Å²) >= 11 is 3.42. The lowest BCUT2D eigenvalue weighted by Crippen LogP contribution is -2.44. The highest BCUT2D eigenvalue weighted by Crippen LogP contribution is 2.18. The summed E-state index contributed by atoms with van der Waals surface area (Å²) in [5, 5.41) is 2.90. The van der Waals surface area contributed by atoms with Gasteiger partial charge in [-0.05, 0) is 48.3 Å². The second-order valence-corrected chi connectivity index (χ2v) is 6.57. The van der Waals surface area contributed by atoms with E-state index in [0.717, 1.165) is 10.9 Å². The Kier molecular flexibility index (Phi) is 5.83. The van der Waals surface area contributed by atoms with Crippen molar-refractivity contribution in [3.8, 4) is 0 Å². The SMILES string of the molecule is CC(C)NC(=O)N1CCCN(C(=O)c2ccccc2Br)CC1. The van der Waals surface area contributed by atoms with Crippen LogP contribution in [0.1, 0.15) is 30.6 Å². The van der Waals surface area contributed by atoms with Crippen molar-refractivity contribution in [1.82, 2.24) is 15.1 Å². The Morgan fingerprint density at radius 2 is 1.73 bits per heavy atom. The van der Waals surface area contributed by atoms with Gasteiger partial charge in [0.25, 0.3) is 5.91 Å². The number of nitrogens with one attached hydrogen (secondary N) is 1. The monoisotopic (exact) mass is 367 g/mol. The molecule has 2 rings (SSSR count). The number of hydrogen-bond donors (Lipinski definition) is 1. The summed E-state index contributed by atoms with van der Waals surface area (Å²) in [7, 11) is 0. The van der Waals surface area contributed by atoms with Crippen LogP contribution in [-0.4, -0.2) is 54.0 Å². The lowest BCUT2D eigenvalue weighted by atomic mass is 10.2. The fourth-order valence-electron chi connectivity index (χ4n) is 2.47. The van der Waals surface area contributed by atoms with Gasteiger partial charge in [0.15, 0.2) is 0 Å². The van der Waals surface area contributed by atoms with Crippen molar-refractivity contribution < 1.29 is 9.59 Å². The first-order valence-electron chi connectivity index (χ1n) is 7.58. The maximum Gasteiger partial charge on any atom is 0.317 e. The summed E-state index contributed by atoms with van der Waals surface area (Å²) in [6.07, 6.45) is 0.793. The highest BCUT2D eigenvalue weighted by molar-refractivity contribution is 9.10. The Bertz CT molecular complexity index is 548. The summed E-state index contributed by atoms with van der Waals surface area (Å²) in [6.45, 7) is 6.36. The van der Waals surface area contributed by atoms with Gasteiger partial charge in [-0.15, -0.1) is 0 Å². The van der Waals surface area contributed by atoms with Gasteiger partial charge in [0.05, 0.1) is 5.56 Å². The van der Waals surface area contributed by atoms with Crippen LogP contribution >= 0.6 is 15.9 Å². The Morgan fingerprint density at radius 3 is 2.41 bits per heavy atom. The number of urea groups is 1. The van der Waals surface area contributed by atoms with Gasteiger partial charge in [-0.3, -0.25) is 4.79 Å². The molecule has 120 valence electrons. The van der Waals surface area contributed by atoms with Crippen molar-refractivity contribution in [2.45, 2.75) is 26.3 Å². The van der Waals surface area contributed by atoms with E-state index in [1.54, 1.807) is 4.90 Å². The van der Waals surface area contributed by atoms with Crippen LogP contribution in [-0.2, 0) is 0 Å². The van der Waals surface area contributed by atoms with Gasteiger partial charge in [0.2, 0.25) is 0 Å². The predicted octanol–water partition coefficient (Wildman–Crippen LogP) is 2.72. The molecule has 1 aromatic carbocycles. The zero-order chi connectivity index (χ0) is 16.1. The second kappa shape index (κ2) is 7.63. The van der Waals surface area contributed by atoms with Gasteiger partial charge in [-0.2, -0.15) is 0 Å². The quantitative estimate of drug-likeness (QED) is 0.873. The van der Waals surface area contributed by atoms with Crippen molar-refractivity contribution in [3.63, 3.8) is 0 Å². The number of carbonyl (C=O) groups is 2. The zero-order valence-electron chi connectivity index (χ0n) is 13.0. The highest BCUT2D eigenvalue weighted by atomic mass is 79.9. The number of halogens is 1. The molecule has 0 saturated carbocycles. The Hall–Kier alpha value is -1.56. The Balaban J connectivity index is 2.00. The molecule has 0 atom stereocenters. The number of hydrogen-bond acceptors (Lipinski definition) is 2. The fraction of sp³-hybridized carbons (Fsp3) is 0.500. The van der Waals surface area contributed by atoms with Crippen molar-refractivity contribution in [3.05, 3.63) is 34.3 Å². The van der Waals surface area contributed by atoms with Crippen LogP contribution in [0.4, 0.5) is 4.79 Å². The first kappa shape index (κ1) is 16.8. The van der Waals surface area contributed by atoms with Crippen LogP contribution in [0.15, 0.2) is 28.7 Å². The van der Waals surface area contributed by atoms with E-state index in [4.69, 9.17) is 0 Å². The number of carbonyl (C=O) groups excluding carboxylic acids is 2. The normalized spacial score (nSPS) is 15.6. The molecule has 0 spiro atoms. The Morgan fingerprint density at radius 1 is 1.09 bits per heavy atom. The minimum Gasteiger partial charge on any atom is -0.337 e. The van der Waals surface area contributed by atoms with Crippen molar-refractivity contribution in [2.24, 2.45) is 0 Å². The molecule has 1 fully saturated rings. The van der Waals surface area contributed by atoms with E-state index in [-0.39, 0.29) is 18.0 Å². The van der Waals surface area contributed by atoms with Crippen molar-refractivity contribution >= 4 is 27.9 Å². The molecule has 0 aromatic heterocycles. The van der Waals surface area contributed by atoms with Gasteiger partial charge in [0.1, 0.15) is 0 Å². The molecule has 0 aliphatic carbocycles. The van der Waals surface area contributed by atoms with Gasteiger partial charge in [-0.25, -0.2) is 4.79 Å². The van der Waals surface area contributed by atoms with Crippen LogP contribution in [0.2, 0.25) is 0 Å². The summed E-state index contributed by atoms with van der Waals surface area (Å²) in [4.78, 5) is 28.3. The van der Waals surface area contributed by atoms with Gasteiger partial charge in [0, 0.05) is 36.7 Å². The van der Waals surface area contributed by atoms with Gasteiger partial charge in [-0.1, -0.05) is 12.1 Å². The molecular formula is C16H22BrN3O2. The molecule has 3 amide bonds. The molecule has 22 heavy (non-hydrogen) atoms. The molecule has 1 heterocycles. The van der Waals surface area contributed by atoms with Crippen LogP contribution in [0, 0.1) is 0 Å². The molecule has 1 aliphatic heterocycles. The van der Waals surface area contributed by atoms with E-state index in [0.29, 0.717) is 31.7 Å². The average molecular weight is 368 g/mol. The van der Waals surface area contributed by atoms with E-state index < -0.39 is 0 Å². The van der Waals surface area contributed by atoms with Crippen LogP contribution in [0.5, 0.6) is 0 Å². The summed E-state index contributed by atoms with van der Waals surface area (Å²) < 4.78 is 0.804. The largest absolute Gasteiger partial charge is 0.337 e. The fourth-order valence-corrected chi connectivity index (χ4v) is 2.92. The maximum absolute atomic E-state index is 12.6. The van der Waals surface area contributed by atoms with Gasteiger partial charge >= 0.3 is 6.03 Å². The number of benzene rings is 1. The third-order valence-corrected chi connectivity index (χ3v) is 4.28. The molecule has 1 N–H and O–H groups in total. The minimum atomic E-state index is -0.0507. The third-order valence-electron chi connectivity index (χ3n) is 3.59. The number of amides is 3. The lowest BCUT2D eigenvalue weighted by molar-refractivity contribution is 0.0761.